The van der Waals surface area contributed by atoms with E-state index in [1.165, 1.54) is 16.0 Å². The van der Waals surface area contributed by atoms with E-state index in [4.69, 9.17) is 5.11 Å². The van der Waals surface area contributed by atoms with Gasteiger partial charge in [0.1, 0.15) is 0 Å². The molecule has 1 aromatic carbocycles. The normalized spacial score (nSPS) is 12.8. The van der Waals surface area contributed by atoms with E-state index in [0.717, 1.165) is 5.75 Å². The Balaban J connectivity index is 2.54. The highest BCUT2D eigenvalue weighted by molar-refractivity contribution is 7.99. The molecule has 2 N–H and O–H groups in total. The van der Waals surface area contributed by atoms with E-state index in [0.29, 0.717) is 0 Å². The average molecular weight is 225 g/mol. The first-order valence-electron chi connectivity index (χ1n) is 5.15. The molecule has 1 unspecified atom stereocenters. The molecule has 0 aliphatic rings. The minimum absolute atomic E-state index is 0.177. The van der Waals surface area contributed by atoms with E-state index in [9.17, 15) is 0 Å². The Hall–Kier alpha value is -0.510. The molecule has 1 rings (SSSR count). The quantitative estimate of drug-likeness (QED) is 0.752. The molecule has 0 saturated carbocycles. The number of aliphatic hydroxyl groups excluding tert-OH is 1. The number of hydrogen-bond donors (Lipinski definition) is 2. The van der Waals surface area contributed by atoms with Gasteiger partial charge in [-0.3, -0.25) is 0 Å². The monoisotopic (exact) mass is 225 g/mol. The first-order valence-corrected chi connectivity index (χ1v) is 6.14. The fourth-order valence-electron chi connectivity index (χ4n) is 1.23. The Morgan fingerprint density at radius 2 is 2.07 bits per heavy atom. The first-order chi connectivity index (χ1) is 7.17. The molecule has 0 fully saturated rings. The number of likely N-dealkylation sites (N-methyl/N-ethyl adjacent to an activating group) is 1. The molecule has 3 heteroatoms. The summed E-state index contributed by atoms with van der Waals surface area (Å²) in [5.41, 5.74) is 2.65. The van der Waals surface area contributed by atoms with Crippen LogP contribution < -0.4 is 5.32 Å². The molecule has 0 heterocycles. The third kappa shape index (κ3) is 3.86. The molecule has 0 aromatic heterocycles. The summed E-state index contributed by atoms with van der Waals surface area (Å²) in [4.78, 5) is 1.27. The van der Waals surface area contributed by atoms with Crippen molar-refractivity contribution in [2.75, 3.05) is 19.4 Å². The maximum Gasteiger partial charge on any atom is 0.0592 e. The molecule has 0 bridgehead atoms. The molecule has 1 aromatic rings. The molecule has 15 heavy (non-hydrogen) atoms. The molecule has 0 saturated heterocycles. The maximum absolute atomic E-state index is 9.03. The average Bonchev–Trinajstić information content (AvgIpc) is 2.24. The van der Waals surface area contributed by atoms with Gasteiger partial charge in [-0.1, -0.05) is 6.07 Å². The zero-order valence-electron chi connectivity index (χ0n) is 9.58. The lowest BCUT2D eigenvalue weighted by Gasteiger charge is -2.12. The van der Waals surface area contributed by atoms with Crippen LogP contribution in [0.2, 0.25) is 0 Å². The van der Waals surface area contributed by atoms with Crippen LogP contribution in [-0.2, 0) is 0 Å². The van der Waals surface area contributed by atoms with E-state index in [-0.39, 0.29) is 12.6 Å². The van der Waals surface area contributed by atoms with Gasteiger partial charge < -0.3 is 10.4 Å². The van der Waals surface area contributed by atoms with E-state index >= 15 is 0 Å². The van der Waals surface area contributed by atoms with Crippen molar-refractivity contribution in [2.45, 2.75) is 24.8 Å². The summed E-state index contributed by atoms with van der Waals surface area (Å²) in [6.07, 6.45) is 0. The van der Waals surface area contributed by atoms with Gasteiger partial charge in [-0.05, 0) is 44.2 Å². The lowest BCUT2D eigenvalue weighted by Crippen LogP contribution is -2.31. The second-order valence-electron chi connectivity index (χ2n) is 3.73. The fourth-order valence-corrected chi connectivity index (χ4v) is 2.32. The smallest absolute Gasteiger partial charge is 0.0592 e. The van der Waals surface area contributed by atoms with Crippen molar-refractivity contribution in [2.24, 2.45) is 0 Å². The third-order valence-corrected chi connectivity index (χ3v) is 3.71. The largest absolute Gasteiger partial charge is 0.395 e. The fraction of sp³-hybridized carbons (Fsp3) is 0.500. The van der Waals surface area contributed by atoms with Crippen LogP contribution in [0.15, 0.2) is 23.1 Å². The molecule has 2 nitrogen and oxygen atoms in total. The lowest BCUT2D eigenvalue weighted by molar-refractivity contribution is 0.260. The van der Waals surface area contributed by atoms with Gasteiger partial charge in [-0.2, -0.15) is 0 Å². The van der Waals surface area contributed by atoms with E-state index in [1.807, 2.05) is 7.05 Å². The standard InChI is InChI=1S/C12H19NOS/c1-9-4-5-12(6-10(9)2)15-8-11(7-14)13-3/h4-6,11,13-14H,7-8H2,1-3H3. The highest BCUT2D eigenvalue weighted by atomic mass is 32.2. The molecular weight excluding hydrogens is 206 g/mol. The summed E-state index contributed by atoms with van der Waals surface area (Å²) in [6.45, 7) is 4.43. The topological polar surface area (TPSA) is 32.3 Å². The SMILES string of the molecule is CNC(CO)CSc1ccc(C)c(C)c1. The molecule has 0 radical (unpaired) electrons. The van der Waals surface area contributed by atoms with Crippen LogP contribution in [0.1, 0.15) is 11.1 Å². The number of thioether (sulfide) groups is 1. The summed E-state index contributed by atoms with van der Waals surface area (Å²) < 4.78 is 0. The number of hydrogen-bond acceptors (Lipinski definition) is 3. The minimum Gasteiger partial charge on any atom is -0.395 e. The number of benzene rings is 1. The Kier molecular flexibility index (Phi) is 5.15. The van der Waals surface area contributed by atoms with Crippen molar-refractivity contribution in [3.05, 3.63) is 29.3 Å². The number of aryl methyl sites for hydroxylation is 2. The van der Waals surface area contributed by atoms with Crippen LogP contribution in [0.3, 0.4) is 0 Å². The highest BCUT2D eigenvalue weighted by Crippen LogP contribution is 2.21. The van der Waals surface area contributed by atoms with Crippen LogP contribution in [0.25, 0.3) is 0 Å². The van der Waals surface area contributed by atoms with E-state index in [2.05, 4.69) is 37.4 Å². The molecule has 84 valence electrons. The summed E-state index contributed by atoms with van der Waals surface area (Å²) >= 11 is 1.78. The summed E-state index contributed by atoms with van der Waals surface area (Å²) in [6, 6.07) is 6.66. The zero-order chi connectivity index (χ0) is 11.3. The predicted molar refractivity (Wildman–Crippen MR) is 66.6 cm³/mol. The Morgan fingerprint density at radius 1 is 1.33 bits per heavy atom. The molecular formula is C12H19NOS. The van der Waals surface area contributed by atoms with Crippen molar-refractivity contribution in [1.29, 1.82) is 0 Å². The van der Waals surface area contributed by atoms with Gasteiger partial charge in [0.25, 0.3) is 0 Å². The second-order valence-corrected chi connectivity index (χ2v) is 4.82. The maximum atomic E-state index is 9.03. The van der Waals surface area contributed by atoms with E-state index in [1.54, 1.807) is 11.8 Å². The zero-order valence-corrected chi connectivity index (χ0v) is 10.4. The third-order valence-electron chi connectivity index (χ3n) is 2.56. The number of nitrogens with one attached hydrogen (secondary N) is 1. The summed E-state index contributed by atoms with van der Waals surface area (Å²) in [5.74, 6) is 0.898. The van der Waals surface area contributed by atoms with Gasteiger partial charge in [0.15, 0.2) is 0 Å². The molecule has 1 atom stereocenters. The van der Waals surface area contributed by atoms with Crippen LogP contribution in [0.5, 0.6) is 0 Å². The molecule has 0 amide bonds. The van der Waals surface area contributed by atoms with Crippen molar-refractivity contribution in [3.63, 3.8) is 0 Å². The van der Waals surface area contributed by atoms with Crippen molar-refractivity contribution >= 4 is 11.8 Å². The summed E-state index contributed by atoms with van der Waals surface area (Å²) in [5, 5.41) is 12.1. The Labute approximate surface area is 96.1 Å². The Bertz CT molecular complexity index is 310. The second kappa shape index (κ2) is 6.16. The van der Waals surface area contributed by atoms with E-state index < -0.39 is 0 Å². The van der Waals surface area contributed by atoms with Crippen molar-refractivity contribution in [3.8, 4) is 0 Å². The van der Waals surface area contributed by atoms with Crippen molar-refractivity contribution < 1.29 is 5.11 Å². The number of aliphatic hydroxyl groups is 1. The highest BCUT2D eigenvalue weighted by Gasteiger charge is 2.05. The van der Waals surface area contributed by atoms with Crippen LogP contribution in [-0.4, -0.2) is 30.6 Å². The predicted octanol–water partition coefficient (Wildman–Crippen LogP) is 1.98. The van der Waals surface area contributed by atoms with Crippen LogP contribution in [0.4, 0.5) is 0 Å². The first kappa shape index (κ1) is 12.6. The molecule has 0 aliphatic carbocycles. The van der Waals surface area contributed by atoms with Gasteiger partial charge in [-0.15, -0.1) is 11.8 Å². The number of rotatable bonds is 5. The minimum atomic E-state index is 0.177. The lowest BCUT2D eigenvalue weighted by atomic mass is 10.1. The summed E-state index contributed by atoms with van der Waals surface area (Å²) in [7, 11) is 1.88. The van der Waals surface area contributed by atoms with Gasteiger partial charge >= 0.3 is 0 Å². The van der Waals surface area contributed by atoms with Gasteiger partial charge in [0, 0.05) is 16.7 Å². The van der Waals surface area contributed by atoms with Crippen LogP contribution >= 0.6 is 11.8 Å². The Morgan fingerprint density at radius 3 is 2.60 bits per heavy atom. The molecule has 0 spiro atoms. The van der Waals surface area contributed by atoms with Crippen LogP contribution in [0, 0.1) is 13.8 Å². The van der Waals surface area contributed by atoms with Gasteiger partial charge in [0.05, 0.1) is 6.61 Å². The van der Waals surface area contributed by atoms with Crippen molar-refractivity contribution in [1.82, 2.24) is 5.32 Å². The van der Waals surface area contributed by atoms with Gasteiger partial charge in [-0.25, -0.2) is 0 Å². The van der Waals surface area contributed by atoms with Gasteiger partial charge in [0.2, 0.25) is 0 Å². The molecule has 0 aliphatic heterocycles.